The number of aromatic nitrogens is 3. The molecule has 4 aromatic rings. The summed E-state index contributed by atoms with van der Waals surface area (Å²) in [5.41, 5.74) is 11.5. The molecule has 0 aliphatic rings. The lowest BCUT2D eigenvalue weighted by Gasteiger charge is -2.17. The van der Waals surface area contributed by atoms with Crippen molar-refractivity contribution in [3.63, 3.8) is 0 Å². The second-order valence-electron chi connectivity index (χ2n) is 8.66. The Bertz CT molecular complexity index is 1350. The lowest BCUT2D eigenvalue weighted by molar-refractivity contribution is -0.136. The van der Waals surface area contributed by atoms with Gasteiger partial charge >= 0.3 is 5.97 Å². The highest BCUT2D eigenvalue weighted by Gasteiger charge is 2.16. The molecule has 3 N–H and O–H groups in total. The fourth-order valence-electron chi connectivity index (χ4n) is 4.23. The van der Waals surface area contributed by atoms with Gasteiger partial charge < -0.3 is 20.0 Å². The van der Waals surface area contributed by atoms with Gasteiger partial charge in [-0.2, -0.15) is 0 Å². The summed E-state index contributed by atoms with van der Waals surface area (Å²) in [4.78, 5) is 27.3. The number of imidazole rings is 1. The summed E-state index contributed by atoms with van der Waals surface area (Å²) in [6.07, 6.45) is 4.18. The number of aliphatic carboxylic acids is 1. The number of aryl methyl sites for hydroxylation is 2. The zero-order chi connectivity index (χ0) is 24.4. The van der Waals surface area contributed by atoms with Gasteiger partial charge in [0, 0.05) is 40.9 Å². The summed E-state index contributed by atoms with van der Waals surface area (Å²) in [5, 5.41) is 9.23. The third kappa shape index (κ3) is 4.50. The summed E-state index contributed by atoms with van der Waals surface area (Å²) >= 11 is 0. The minimum absolute atomic E-state index is 0.0272. The predicted octanol–water partition coefficient (Wildman–Crippen LogP) is 4.88. The highest BCUT2D eigenvalue weighted by atomic mass is 16.4. The van der Waals surface area contributed by atoms with Gasteiger partial charge in [0.05, 0.1) is 12.1 Å². The van der Waals surface area contributed by atoms with Gasteiger partial charge in [-0.1, -0.05) is 26.0 Å². The molecule has 0 saturated carbocycles. The van der Waals surface area contributed by atoms with E-state index in [1.54, 1.807) is 12.1 Å². The highest BCUT2D eigenvalue weighted by Crippen LogP contribution is 2.30. The van der Waals surface area contributed by atoms with Crippen LogP contribution in [0.3, 0.4) is 0 Å². The number of nitrogens with zero attached hydrogens (tertiary/aromatic N) is 3. The van der Waals surface area contributed by atoms with Crippen molar-refractivity contribution >= 4 is 11.9 Å². The van der Waals surface area contributed by atoms with Crippen LogP contribution in [0.15, 0.2) is 67.0 Å². The molecule has 2 aromatic heterocycles. The first-order chi connectivity index (χ1) is 16.3. The average molecular weight is 457 g/mol. The Morgan fingerprint density at radius 1 is 1.06 bits per heavy atom. The molecule has 0 bridgehead atoms. The van der Waals surface area contributed by atoms with E-state index in [-0.39, 0.29) is 6.42 Å². The molecule has 0 atom stereocenters. The number of primary amides is 1. The number of carboxylic acid groups (broad SMARTS) is 1. The van der Waals surface area contributed by atoms with Gasteiger partial charge in [-0.25, -0.2) is 4.98 Å². The second-order valence-corrected chi connectivity index (χ2v) is 8.66. The van der Waals surface area contributed by atoms with Crippen molar-refractivity contribution in [3.8, 4) is 22.6 Å². The van der Waals surface area contributed by atoms with Crippen LogP contribution in [0.4, 0.5) is 0 Å². The Morgan fingerprint density at radius 3 is 2.41 bits per heavy atom. The molecule has 0 radical (unpaired) electrons. The van der Waals surface area contributed by atoms with Crippen LogP contribution in [0.1, 0.15) is 53.6 Å². The van der Waals surface area contributed by atoms with E-state index < -0.39 is 11.9 Å². The topological polar surface area (TPSA) is 103 Å². The quantitative estimate of drug-likeness (QED) is 0.394. The monoisotopic (exact) mass is 456 g/mol. The maximum Gasteiger partial charge on any atom is 0.303 e. The van der Waals surface area contributed by atoms with Crippen LogP contribution in [0.5, 0.6) is 0 Å². The fraction of sp³-hybridized carbons (Fsp3) is 0.222. The van der Waals surface area contributed by atoms with E-state index in [0.717, 1.165) is 39.7 Å². The molecule has 4 rings (SSSR count). The van der Waals surface area contributed by atoms with Gasteiger partial charge in [-0.05, 0) is 66.9 Å². The molecule has 174 valence electrons. The van der Waals surface area contributed by atoms with E-state index >= 15 is 0 Å². The van der Waals surface area contributed by atoms with Crippen molar-refractivity contribution in [1.29, 1.82) is 0 Å². The minimum Gasteiger partial charge on any atom is -0.481 e. The van der Waals surface area contributed by atoms with E-state index in [1.807, 2.05) is 37.5 Å². The molecule has 34 heavy (non-hydrogen) atoms. The summed E-state index contributed by atoms with van der Waals surface area (Å²) in [5.74, 6) is -0.0302. The van der Waals surface area contributed by atoms with Crippen molar-refractivity contribution in [2.24, 2.45) is 5.73 Å². The molecule has 1 amide bonds. The smallest absolute Gasteiger partial charge is 0.303 e. The van der Waals surface area contributed by atoms with Crippen LogP contribution < -0.4 is 5.73 Å². The summed E-state index contributed by atoms with van der Waals surface area (Å²) in [7, 11) is 0. The highest BCUT2D eigenvalue weighted by molar-refractivity contribution is 5.93. The van der Waals surface area contributed by atoms with Crippen molar-refractivity contribution < 1.29 is 14.7 Å². The third-order valence-corrected chi connectivity index (χ3v) is 5.91. The van der Waals surface area contributed by atoms with Gasteiger partial charge in [-0.15, -0.1) is 0 Å². The molecule has 2 aromatic carbocycles. The molecule has 0 unspecified atom stereocenters. The number of rotatable bonds is 8. The Balaban J connectivity index is 1.79. The van der Waals surface area contributed by atoms with E-state index in [2.05, 4.69) is 52.2 Å². The number of carbonyl (C=O) groups is 2. The largest absolute Gasteiger partial charge is 0.481 e. The van der Waals surface area contributed by atoms with Crippen molar-refractivity contribution in [2.45, 2.75) is 39.5 Å². The summed E-state index contributed by atoms with van der Waals surface area (Å²) in [6, 6.07) is 17.5. The zero-order valence-corrected chi connectivity index (χ0v) is 19.5. The molecule has 2 heterocycles. The number of carbonyl (C=O) groups excluding carboxylic acids is 1. The molecule has 0 fully saturated rings. The first-order valence-electron chi connectivity index (χ1n) is 11.2. The van der Waals surface area contributed by atoms with Crippen LogP contribution in [0.25, 0.3) is 22.6 Å². The molecule has 0 aliphatic heterocycles. The standard InChI is InChI=1S/C27H28N4O3/c1-17(2)27-29-14-15-30(27)21-7-4-19(5-8-21)24-12-9-22(10-13-25(32)33)31(24)23-11-6-20(26(28)34)16-18(23)3/h4-9,11-12,14-17H,10,13H2,1-3H3,(H2,28,34)(H,32,33). The molecular weight excluding hydrogens is 428 g/mol. The van der Waals surface area contributed by atoms with Gasteiger partial charge in [-0.3, -0.25) is 9.59 Å². The van der Waals surface area contributed by atoms with Crippen LogP contribution in [-0.2, 0) is 11.2 Å². The van der Waals surface area contributed by atoms with Crippen LogP contribution >= 0.6 is 0 Å². The molecule has 7 heteroatoms. The molecule has 0 spiro atoms. The lowest BCUT2D eigenvalue weighted by Crippen LogP contribution is -2.12. The van der Waals surface area contributed by atoms with Crippen molar-refractivity contribution in [1.82, 2.24) is 14.1 Å². The average Bonchev–Trinajstić information content (AvgIpc) is 3.45. The lowest BCUT2D eigenvalue weighted by atomic mass is 10.1. The molecule has 0 saturated heterocycles. The van der Waals surface area contributed by atoms with Gasteiger partial charge in [0.2, 0.25) is 5.91 Å². The van der Waals surface area contributed by atoms with Gasteiger partial charge in [0.25, 0.3) is 0 Å². The Kier molecular flexibility index (Phi) is 6.36. The Hall–Kier alpha value is -4.13. The minimum atomic E-state index is -0.847. The Labute approximate surface area is 198 Å². The third-order valence-electron chi connectivity index (χ3n) is 5.91. The van der Waals surface area contributed by atoms with Crippen molar-refractivity contribution in [3.05, 3.63) is 89.6 Å². The summed E-state index contributed by atoms with van der Waals surface area (Å²) < 4.78 is 4.15. The predicted molar refractivity (Wildman–Crippen MR) is 132 cm³/mol. The van der Waals surface area contributed by atoms with E-state index in [4.69, 9.17) is 5.73 Å². The van der Waals surface area contributed by atoms with Gasteiger partial charge in [0.1, 0.15) is 5.82 Å². The maximum atomic E-state index is 11.6. The van der Waals surface area contributed by atoms with E-state index in [1.165, 1.54) is 0 Å². The van der Waals surface area contributed by atoms with E-state index in [0.29, 0.717) is 17.9 Å². The van der Waals surface area contributed by atoms with E-state index in [9.17, 15) is 14.7 Å². The number of hydrogen-bond acceptors (Lipinski definition) is 3. The molecular formula is C27H28N4O3. The van der Waals surface area contributed by atoms with Crippen molar-refractivity contribution in [2.75, 3.05) is 0 Å². The first kappa shape index (κ1) is 23.0. The normalized spacial score (nSPS) is 11.2. The van der Waals surface area contributed by atoms with Crippen LogP contribution in [0.2, 0.25) is 0 Å². The van der Waals surface area contributed by atoms with Crippen LogP contribution in [0, 0.1) is 6.92 Å². The maximum absolute atomic E-state index is 11.6. The number of carboxylic acids is 1. The molecule has 0 aliphatic carbocycles. The zero-order valence-electron chi connectivity index (χ0n) is 19.5. The number of nitrogens with two attached hydrogens (primary N) is 1. The number of benzene rings is 2. The first-order valence-corrected chi connectivity index (χ1v) is 11.2. The SMILES string of the molecule is Cc1cc(C(N)=O)ccc1-n1c(CCC(=O)O)ccc1-c1ccc(-n2ccnc2C(C)C)cc1. The second kappa shape index (κ2) is 9.39. The van der Waals surface area contributed by atoms with Gasteiger partial charge in [0.15, 0.2) is 0 Å². The number of amides is 1. The van der Waals surface area contributed by atoms with Crippen LogP contribution in [-0.4, -0.2) is 31.1 Å². The fourth-order valence-corrected chi connectivity index (χ4v) is 4.23. The number of hydrogen-bond donors (Lipinski definition) is 2. The molecule has 7 nitrogen and oxygen atoms in total. The summed E-state index contributed by atoms with van der Waals surface area (Å²) in [6.45, 7) is 6.15. The Morgan fingerprint density at radius 2 is 1.79 bits per heavy atom.